The van der Waals surface area contributed by atoms with Crippen LogP contribution >= 0.6 is 0 Å². The van der Waals surface area contributed by atoms with E-state index in [4.69, 9.17) is 0 Å². The summed E-state index contributed by atoms with van der Waals surface area (Å²) in [6, 6.07) is 6.61. The molecule has 9 nitrogen and oxygen atoms in total. The highest BCUT2D eigenvalue weighted by Gasteiger charge is 2.29. The van der Waals surface area contributed by atoms with Gasteiger partial charge in [0.05, 0.1) is 10.5 Å². The molecule has 0 atom stereocenters. The summed E-state index contributed by atoms with van der Waals surface area (Å²) in [7, 11) is -4.05. The van der Waals surface area contributed by atoms with E-state index in [9.17, 15) is 27.9 Å². The zero-order valence-electron chi connectivity index (χ0n) is 14.9. The van der Waals surface area contributed by atoms with Crippen LogP contribution in [0, 0.1) is 0 Å². The summed E-state index contributed by atoms with van der Waals surface area (Å²) < 4.78 is 29.1. The number of carboxylic acid groups (broad SMARTS) is 1. The lowest BCUT2D eigenvalue weighted by Gasteiger charge is -2.26. The molecule has 1 aromatic heterocycles. The van der Waals surface area contributed by atoms with E-state index in [1.165, 1.54) is 41.1 Å². The maximum absolute atomic E-state index is 12.6. The van der Waals surface area contributed by atoms with E-state index in [1.807, 2.05) is 0 Å². The Labute approximate surface area is 155 Å². The van der Waals surface area contributed by atoms with E-state index >= 15 is 0 Å². The Kier molecular flexibility index (Phi) is 6.01. The molecule has 1 aromatic carbocycles. The molecule has 2 aromatic rings. The average molecular weight is 395 g/mol. The van der Waals surface area contributed by atoms with Crippen LogP contribution in [0.2, 0.25) is 0 Å². The van der Waals surface area contributed by atoms with Gasteiger partial charge in [0, 0.05) is 24.3 Å². The second-order valence-electron chi connectivity index (χ2n) is 6.70. The number of nitrogens with zero attached hydrogens (tertiary/aromatic N) is 1. The van der Waals surface area contributed by atoms with Gasteiger partial charge in [0.1, 0.15) is 0 Å². The average Bonchev–Trinajstić information content (AvgIpc) is 2.56. The lowest BCUT2D eigenvalue weighted by atomic mass is 10.0. The van der Waals surface area contributed by atoms with Crippen LogP contribution in [0.3, 0.4) is 0 Å². The van der Waals surface area contributed by atoms with Crippen molar-refractivity contribution in [1.29, 1.82) is 0 Å². The molecule has 0 radical (unpaired) electrons. The minimum absolute atomic E-state index is 0.298. The summed E-state index contributed by atoms with van der Waals surface area (Å²) in [5.74, 6) is -1.33. The Morgan fingerprint density at radius 3 is 2.52 bits per heavy atom. The Bertz CT molecular complexity index is 1050. The summed E-state index contributed by atoms with van der Waals surface area (Å²) in [6.45, 7) is 3.64. The topological polar surface area (TPSA) is 138 Å². The number of carbonyl (C=O) groups is 1. The zero-order chi connectivity index (χ0) is 20.2. The van der Waals surface area contributed by atoms with Gasteiger partial charge in [-0.05, 0) is 38.8 Å². The smallest absolute Gasteiger partial charge is 0.337 e. The lowest BCUT2D eigenvalue weighted by Crippen LogP contribution is -2.44. The van der Waals surface area contributed by atoms with Crippen molar-refractivity contribution < 1.29 is 18.3 Å². The van der Waals surface area contributed by atoms with Gasteiger partial charge < -0.3 is 9.67 Å². The Hall–Kier alpha value is -2.72. The van der Waals surface area contributed by atoms with Crippen LogP contribution in [0.15, 0.2) is 51.0 Å². The highest BCUT2D eigenvalue weighted by Crippen LogP contribution is 2.20. The summed E-state index contributed by atoms with van der Waals surface area (Å²) in [5, 5.41) is 9.19. The third-order valence-corrected chi connectivity index (χ3v) is 5.67. The number of aromatic amines is 1. The van der Waals surface area contributed by atoms with Crippen LogP contribution in [0.4, 0.5) is 0 Å². The van der Waals surface area contributed by atoms with E-state index in [2.05, 4.69) is 9.71 Å². The van der Waals surface area contributed by atoms with Crippen LogP contribution in [-0.4, -0.2) is 34.6 Å². The molecule has 1 heterocycles. The van der Waals surface area contributed by atoms with Gasteiger partial charge in [0.25, 0.3) is 5.56 Å². The fourth-order valence-corrected chi connectivity index (χ4v) is 4.30. The van der Waals surface area contributed by atoms with Crippen molar-refractivity contribution >= 4 is 16.0 Å². The van der Waals surface area contributed by atoms with Gasteiger partial charge in [0.15, 0.2) is 0 Å². The highest BCUT2D eigenvalue weighted by molar-refractivity contribution is 7.89. The molecule has 0 bridgehead atoms. The second kappa shape index (κ2) is 7.89. The molecule has 0 unspecified atom stereocenters. The molecule has 0 aliphatic rings. The normalized spacial score (nSPS) is 12.1. The van der Waals surface area contributed by atoms with Crippen molar-refractivity contribution in [1.82, 2.24) is 14.3 Å². The number of aryl methyl sites for hydroxylation is 1. The molecule has 0 fully saturated rings. The van der Waals surface area contributed by atoms with Crippen LogP contribution in [0.25, 0.3) is 0 Å². The van der Waals surface area contributed by atoms with Crippen molar-refractivity contribution in [2.75, 3.05) is 0 Å². The van der Waals surface area contributed by atoms with Crippen molar-refractivity contribution in [2.24, 2.45) is 0 Å². The molecule has 3 N–H and O–H groups in total. The van der Waals surface area contributed by atoms with E-state index in [1.54, 1.807) is 13.8 Å². The number of aromatic nitrogens is 2. The summed E-state index contributed by atoms with van der Waals surface area (Å²) in [4.78, 5) is 35.8. The monoisotopic (exact) mass is 395 g/mol. The number of rotatable bonds is 8. The molecular weight excluding hydrogens is 374 g/mol. The molecule has 0 spiro atoms. The largest absolute Gasteiger partial charge is 0.478 e. The fourth-order valence-electron chi connectivity index (χ4n) is 2.66. The Balaban J connectivity index is 2.10. The third-order valence-electron chi connectivity index (χ3n) is 3.92. The number of benzene rings is 1. The van der Waals surface area contributed by atoms with Gasteiger partial charge in [-0.3, -0.25) is 9.78 Å². The van der Waals surface area contributed by atoms with Crippen LogP contribution in [0.5, 0.6) is 0 Å². The first-order valence-corrected chi connectivity index (χ1v) is 9.66. The number of hydrogen-bond donors (Lipinski definition) is 3. The molecule has 27 heavy (non-hydrogen) atoms. The van der Waals surface area contributed by atoms with Crippen molar-refractivity contribution in [3.8, 4) is 0 Å². The Morgan fingerprint density at radius 2 is 1.89 bits per heavy atom. The zero-order valence-corrected chi connectivity index (χ0v) is 15.7. The predicted molar refractivity (Wildman–Crippen MR) is 98.4 cm³/mol. The van der Waals surface area contributed by atoms with Gasteiger partial charge in [-0.25, -0.2) is 22.7 Å². The SMILES string of the molecule is CC(C)(CCCn1ccc(=O)[nH]c1=O)NS(=O)(=O)c1ccccc1C(=O)O. The van der Waals surface area contributed by atoms with Crippen molar-refractivity contribution in [3.05, 3.63) is 62.9 Å². The molecular formula is C17H21N3O6S. The van der Waals surface area contributed by atoms with Crippen LogP contribution in [0.1, 0.15) is 37.0 Å². The first-order valence-electron chi connectivity index (χ1n) is 8.18. The van der Waals surface area contributed by atoms with Gasteiger partial charge in [-0.15, -0.1) is 0 Å². The number of carboxylic acids is 1. The predicted octanol–water partition coefficient (Wildman–Crippen LogP) is 0.772. The highest BCUT2D eigenvalue weighted by atomic mass is 32.2. The summed E-state index contributed by atoms with van der Waals surface area (Å²) >= 11 is 0. The van der Waals surface area contributed by atoms with Crippen molar-refractivity contribution in [2.45, 2.75) is 43.7 Å². The quantitative estimate of drug-likeness (QED) is 0.603. The standard InChI is InChI=1S/C17H21N3O6S/c1-17(2,9-5-10-20-11-8-14(21)18-16(20)24)19-27(25,26)13-7-4-3-6-12(13)15(22)23/h3-4,6-8,11,19H,5,9-10H2,1-2H3,(H,22,23)(H,18,21,24). The first-order chi connectivity index (χ1) is 12.5. The van der Waals surface area contributed by atoms with E-state index in [0.29, 0.717) is 19.4 Å². The first kappa shape index (κ1) is 20.6. The second-order valence-corrected chi connectivity index (χ2v) is 8.35. The number of hydrogen-bond acceptors (Lipinski definition) is 5. The Morgan fingerprint density at radius 1 is 1.22 bits per heavy atom. The van der Waals surface area contributed by atoms with Gasteiger partial charge in [0.2, 0.25) is 10.0 Å². The van der Waals surface area contributed by atoms with E-state index < -0.39 is 32.8 Å². The van der Waals surface area contributed by atoms with E-state index in [-0.39, 0.29) is 10.5 Å². The molecule has 0 aliphatic carbocycles. The lowest BCUT2D eigenvalue weighted by molar-refractivity contribution is 0.0692. The maximum Gasteiger partial charge on any atom is 0.337 e. The molecule has 0 saturated heterocycles. The van der Waals surface area contributed by atoms with Crippen LogP contribution < -0.4 is 16.0 Å². The number of nitrogens with one attached hydrogen (secondary N) is 2. The van der Waals surface area contributed by atoms with Crippen LogP contribution in [-0.2, 0) is 16.6 Å². The number of aromatic carboxylic acids is 1. The van der Waals surface area contributed by atoms with E-state index in [0.717, 1.165) is 0 Å². The minimum Gasteiger partial charge on any atom is -0.478 e. The summed E-state index contributed by atoms with van der Waals surface area (Å²) in [5.41, 5.74) is -2.20. The number of H-pyrrole nitrogens is 1. The number of sulfonamides is 1. The third kappa shape index (κ3) is 5.38. The fraction of sp³-hybridized carbons (Fsp3) is 0.353. The summed E-state index contributed by atoms with van der Waals surface area (Å²) in [6.07, 6.45) is 2.22. The maximum atomic E-state index is 12.6. The molecule has 10 heteroatoms. The molecule has 0 aliphatic heterocycles. The molecule has 0 saturated carbocycles. The molecule has 146 valence electrons. The van der Waals surface area contributed by atoms with Gasteiger partial charge >= 0.3 is 11.7 Å². The minimum atomic E-state index is -4.05. The molecule has 2 rings (SSSR count). The van der Waals surface area contributed by atoms with Gasteiger partial charge in [-0.2, -0.15) is 0 Å². The van der Waals surface area contributed by atoms with Gasteiger partial charge in [-0.1, -0.05) is 12.1 Å². The van der Waals surface area contributed by atoms with Crippen molar-refractivity contribution in [3.63, 3.8) is 0 Å². The molecule has 0 amide bonds.